The molecule has 1 saturated carbocycles. The van der Waals surface area contributed by atoms with E-state index in [-0.39, 0.29) is 29.1 Å². The van der Waals surface area contributed by atoms with Crippen molar-refractivity contribution < 1.29 is 22.7 Å². The second kappa shape index (κ2) is 13.7. The Morgan fingerprint density at radius 3 is 2.37 bits per heavy atom. The van der Waals surface area contributed by atoms with E-state index in [4.69, 9.17) is 16.3 Å². The largest absolute Gasteiger partial charge is 0.497 e. The van der Waals surface area contributed by atoms with Crippen LogP contribution in [0.15, 0.2) is 82.2 Å². The van der Waals surface area contributed by atoms with Gasteiger partial charge in [-0.1, -0.05) is 58.6 Å². The quantitative estimate of drug-likeness (QED) is 0.281. The van der Waals surface area contributed by atoms with Gasteiger partial charge in [-0.05, 0) is 79.9 Å². The number of hydrogen-bond acceptors (Lipinski definition) is 5. The summed E-state index contributed by atoms with van der Waals surface area (Å²) >= 11 is 9.69. The number of carbonyl (C=O) groups is 2. The molecule has 1 unspecified atom stereocenters. The van der Waals surface area contributed by atoms with Gasteiger partial charge in [0.2, 0.25) is 11.8 Å². The number of amides is 2. The van der Waals surface area contributed by atoms with Crippen molar-refractivity contribution in [1.82, 2.24) is 10.2 Å². The Bertz CT molecular complexity index is 1480. The number of methoxy groups -OCH3 is 1. The summed E-state index contributed by atoms with van der Waals surface area (Å²) in [4.78, 5) is 28.8. The summed E-state index contributed by atoms with van der Waals surface area (Å²) in [6.45, 7) is 1.25. The molecule has 2 amide bonds. The van der Waals surface area contributed by atoms with Gasteiger partial charge in [-0.15, -0.1) is 0 Å². The summed E-state index contributed by atoms with van der Waals surface area (Å²) in [5.41, 5.74) is 1.02. The molecule has 41 heavy (non-hydrogen) atoms. The summed E-state index contributed by atoms with van der Waals surface area (Å²) in [7, 11) is -2.71. The first-order chi connectivity index (χ1) is 19.6. The molecule has 0 saturated heterocycles. The van der Waals surface area contributed by atoms with E-state index >= 15 is 0 Å². The first-order valence-corrected chi connectivity index (χ1v) is 16.0. The van der Waals surface area contributed by atoms with Crippen molar-refractivity contribution in [3.63, 3.8) is 0 Å². The van der Waals surface area contributed by atoms with Crippen LogP contribution in [0, 0.1) is 0 Å². The third kappa shape index (κ3) is 7.81. The van der Waals surface area contributed by atoms with Crippen LogP contribution in [0.1, 0.15) is 38.2 Å². The number of rotatable bonds is 11. The molecule has 1 N–H and O–H groups in total. The minimum absolute atomic E-state index is 0.0170. The van der Waals surface area contributed by atoms with Gasteiger partial charge in [0, 0.05) is 22.1 Å². The van der Waals surface area contributed by atoms with Crippen LogP contribution in [0.3, 0.4) is 0 Å². The minimum atomic E-state index is -4.21. The minimum Gasteiger partial charge on any atom is -0.497 e. The number of benzene rings is 3. The van der Waals surface area contributed by atoms with E-state index in [0.29, 0.717) is 10.8 Å². The summed E-state index contributed by atoms with van der Waals surface area (Å²) in [6.07, 6.45) is 3.91. The molecule has 0 aromatic heterocycles. The van der Waals surface area contributed by atoms with Crippen molar-refractivity contribution in [2.45, 2.75) is 56.1 Å². The fraction of sp³-hybridized carbons (Fsp3) is 0.333. The number of hydrogen-bond donors (Lipinski definition) is 1. The van der Waals surface area contributed by atoms with Gasteiger partial charge >= 0.3 is 0 Å². The van der Waals surface area contributed by atoms with E-state index in [1.54, 1.807) is 37.3 Å². The molecule has 3 aromatic carbocycles. The van der Waals surface area contributed by atoms with Gasteiger partial charge in [-0.25, -0.2) is 8.42 Å². The summed E-state index contributed by atoms with van der Waals surface area (Å²) < 4.78 is 34.9. The number of nitrogens with zero attached hydrogens (tertiary/aromatic N) is 2. The zero-order valence-electron chi connectivity index (χ0n) is 22.9. The van der Waals surface area contributed by atoms with Gasteiger partial charge < -0.3 is 15.0 Å². The van der Waals surface area contributed by atoms with Crippen molar-refractivity contribution in [1.29, 1.82) is 0 Å². The number of carbonyl (C=O) groups excluding carboxylic acids is 2. The molecule has 1 atom stereocenters. The maximum absolute atomic E-state index is 14.0. The normalized spacial score (nSPS) is 14.3. The number of nitrogens with one attached hydrogen (secondary N) is 1. The lowest BCUT2D eigenvalue weighted by molar-refractivity contribution is -0.139. The van der Waals surface area contributed by atoms with E-state index in [0.717, 1.165) is 40.0 Å². The fourth-order valence-corrected chi connectivity index (χ4v) is 6.88. The molecule has 1 aliphatic carbocycles. The third-order valence-corrected chi connectivity index (χ3v) is 9.65. The molecule has 218 valence electrons. The number of halogens is 2. The van der Waals surface area contributed by atoms with Gasteiger partial charge in [0.05, 0.1) is 17.7 Å². The Hall–Kier alpha value is -3.08. The maximum Gasteiger partial charge on any atom is 0.264 e. The zero-order valence-corrected chi connectivity index (χ0v) is 26.1. The number of sulfonamides is 1. The third-order valence-electron chi connectivity index (χ3n) is 7.13. The molecule has 11 heteroatoms. The average molecular weight is 663 g/mol. The van der Waals surface area contributed by atoms with Crippen LogP contribution in [0.25, 0.3) is 0 Å². The first kappa shape index (κ1) is 30.9. The molecule has 3 aromatic rings. The second-order valence-electron chi connectivity index (χ2n) is 9.98. The molecular formula is C30H33BrClN3O5S. The predicted molar refractivity (Wildman–Crippen MR) is 164 cm³/mol. The lowest BCUT2D eigenvalue weighted by atomic mass is 10.1. The first-order valence-electron chi connectivity index (χ1n) is 13.3. The molecule has 0 radical (unpaired) electrons. The van der Waals surface area contributed by atoms with Crippen molar-refractivity contribution in [3.8, 4) is 5.75 Å². The highest BCUT2D eigenvalue weighted by Crippen LogP contribution is 2.28. The van der Waals surface area contributed by atoms with E-state index in [1.165, 1.54) is 30.2 Å². The van der Waals surface area contributed by atoms with Crippen LogP contribution in [0.5, 0.6) is 5.75 Å². The Morgan fingerprint density at radius 2 is 1.73 bits per heavy atom. The average Bonchev–Trinajstić information content (AvgIpc) is 3.47. The van der Waals surface area contributed by atoms with Crippen molar-refractivity contribution >= 4 is 55.1 Å². The summed E-state index contributed by atoms with van der Waals surface area (Å²) in [5, 5.41) is 3.39. The number of ether oxygens (including phenoxy) is 1. The Balaban J connectivity index is 1.69. The standard InChI is InChI=1S/C30H33BrClN3O5S/c1-21(30(37)33-25-10-3-4-11-25)34(19-22-7-5-8-23(31)17-22)29(36)20-35(26-12-6-9-24(32)18-26)41(38,39)28-15-13-27(40-2)14-16-28/h5-9,12-18,21,25H,3-4,10-11,19-20H2,1-2H3,(H,33,37). The molecule has 8 nitrogen and oxygen atoms in total. The number of anilines is 1. The van der Waals surface area contributed by atoms with Gasteiger partial charge in [0.1, 0.15) is 18.3 Å². The topological polar surface area (TPSA) is 96.0 Å². The van der Waals surface area contributed by atoms with Crippen molar-refractivity contribution in [3.05, 3.63) is 87.9 Å². The Kier molecular flexibility index (Phi) is 10.3. The SMILES string of the molecule is COc1ccc(S(=O)(=O)N(CC(=O)N(Cc2cccc(Br)c2)C(C)C(=O)NC2CCCC2)c2cccc(Cl)c2)cc1. The Labute approximate surface area is 254 Å². The van der Waals surface area contributed by atoms with Crippen LogP contribution in [-0.2, 0) is 26.2 Å². The van der Waals surface area contributed by atoms with Crippen LogP contribution in [-0.4, -0.2) is 50.9 Å². The lowest BCUT2D eigenvalue weighted by Gasteiger charge is -2.32. The zero-order chi connectivity index (χ0) is 29.6. The Morgan fingerprint density at radius 1 is 1.05 bits per heavy atom. The fourth-order valence-electron chi connectivity index (χ4n) is 4.84. The second-order valence-corrected chi connectivity index (χ2v) is 13.2. The van der Waals surface area contributed by atoms with Gasteiger partial charge in [-0.2, -0.15) is 0 Å². The van der Waals surface area contributed by atoms with Crippen molar-refractivity contribution in [2.75, 3.05) is 18.0 Å². The van der Waals surface area contributed by atoms with Crippen LogP contribution in [0.4, 0.5) is 5.69 Å². The van der Waals surface area contributed by atoms with E-state index < -0.39 is 28.5 Å². The highest BCUT2D eigenvalue weighted by Gasteiger charge is 2.33. The van der Waals surface area contributed by atoms with Crippen LogP contribution in [0.2, 0.25) is 5.02 Å². The molecule has 0 spiro atoms. The van der Waals surface area contributed by atoms with Crippen LogP contribution < -0.4 is 14.4 Å². The van der Waals surface area contributed by atoms with Crippen molar-refractivity contribution in [2.24, 2.45) is 0 Å². The summed E-state index contributed by atoms with van der Waals surface area (Å²) in [6, 6.07) is 18.9. The molecular weight excluding hydrogens is 630 g/mol. The molecule has 4 rings (SSSR count). The van der Waals surface area contributed by atoms with Gasteiger partial charge in [0.25, 0.3) is 10.0 Å². The molecule has 0 aliphatic heterocycles. The van der Waals surface area contributed by atoms with Gasteiger partial charge in [0.15, 0.2) is 0 Å². The monoisotopic (exact) mass is 661 g/mol. The molecule has 1 aliphatic rings. The molecule has 1 fully saturated rings. The summed E-state index contributed by atoms with van der Waals surface area (Å²) in [5.74, 6) is -0.305. The maximum atomic E-state index is 14.0. The van der Waals surface area contributed by atoms with Crippen LogP contribution >= 0.6 is 27.5 Å². The highest BCUT2D eigenvalue weighted by atomic mass is 79.9. The highest BCUT2D eigenvalue weighted by molar-refractivity contribution is 9.10. The van der Waals surface area contributed by atoms with E-state index in [2.05, 4.69) is 21.2 Å². The predicted octanol–water partition coefficient (Wildman–Crippen LogP) is 5.78. The lowest BCUT2D eigenvalue weighted by Crippen LogP contribution is -2.52. The molecule has 0 heterocycles. The van der Waals surface area contributed by atoms with E-state index in [1.807, 2.05) is 24.3 Å². The van der Waals surface area contributed by atoms with E-state index in [9.17, 15) is 18.0 Å². The van der Waals surface area contributed by atoms with Gasteiger partial charge in [-0.3, -0.25) is 13.9 Å². The molecule has 0 bridgehead atoms. The smallest absolute Gasteiger partial charge is 0.264 e.